The van der Waals surface area contributed by atoms with Gasteiger partial charge in [-0.15, -0.1) is 0 Å². The van der Waals surface area contributed by atoms with Crippen molar-refractivity contribution in [3.63, 3.8) is 0 Å². The van der Waals surface area contributed by atoms with Crippen LogP contribution in [0, 0.1) is 0 Å². The summed E-state index contributed by atoms with van der Waals surface area (Å²) in [6, 6.07) is 22.8. The van der Waals surface area contributed by atoms with Gasteiger partial charge >= 0.3 is 0 Å². The lowest BCUT2D eigenvalue weighted by Crippen LogP contribution is -2.31. The van der Waals surface area contributed by atoms with Crippen LogP contribution < -0.4 is 10.2 Å². The molecule has 0 aromatic heterocycles. The Labute approximate surface area is 204 Å². The molecule has 6 heteroatoms. The van der Waals surface area contributed by atoms with Gasteiger partial charge in [0.25, 0.3) is 5.91 Å². The molecule has 2 unspecified atom stereocenters. The quantitative estimate of drug-likeness (QED) is 0.422. The minimum absolute atomic E-state index is 0.0377. The second kappa shape index (κ2) is 10.4. The number of nitrogens with zero attached hydrogens (tertiary/aromatic N) is 1. The Hall–Kier alpha value is -2.82. The lowest BCUT2D eigenvalue weighted by atomic mass is 9.82. The highest BCUT2D eigenvalue weighted by Crippen LogP contribution is 2.33. The fourth-order valence-electron chi connectivity index (χ4n) is 4.33. The predicted octanol–water partition coefficient (Wildman–Crippen LogP) is 6.44. The first kappa shape index (κ1) is 23.3. The maximum absolute atomic E-state index is 13.0. The number of hydrogen-bond donors (Lipinski definition) is 1. The predicted molar refractivity (Wildman–Crippen MR) is 134 cm³/mol. The molecular weight excluding hydrogens is 455 g/mol. The average molecular weight is 481 g/mol. The number of amides is 2. The maximum atomic E-state index is 13.0. The van der Waals surface area contributed by atoms with Crippen LogP contribution in [0.4, 0.5) is 5.69 Å². The molecule has 4 nitrogen and oxygen atoms in total. The topological polar surface area (TPSA) is 49.4 Å². The van der Waals surface area contributed by atoms with Crippen LogP contribution in [0.3, 0.4) is 0 Å². The van der Waals surface area contributed by atoms with E-state index in [1.807, 2.05) is 60.7 Å². The summed E-state index contributed by atoms with van der Waals surface area (Å²) in [5.41, 5.74) is 3.55. The van der Waals surface area contributed by atoms with Crippen LogP contribution in [0.25, 0.3) is 0 Å². The van der Waals surface area contributed by atoms with Crippen LogP contribution >= 0.6 is 23.2 Å². The number of carbonyl (C=O) groups is 2. The van der Waals surface area contributed by atoms with Gasteiger partial charge in [0.15, 0.2) is 0 Å². The van der Waals surface area contributed by atoms with Crippen molar-refractivity contribution in [2.24, 2.45) is 0 Å². The number of benzene rings is 3. The minimum Gasteiger partial charge on any atom is -0.351 e. The van der Waals surface area contributed by atoms with Gasteiger partial charge in [0, 0.05) is 46.7 Å². The summed E-state index contributed by atoms with van der Waals surface area (Å²) in [6.07, 6.45) is 1.41. The molecule has 2 atom stereocenters. The van der Waals surface area contributed by atoms with E-state index in [0.717, 1.165) is 23.2 Å². The second-order valence-corrected chi connectivity index (χ2v) is 9.28. The van der Waals surface area contributed by atoms with Crippen molar-refractivity contribution in [3.8, 4) is 0 Å². The van der Waals surface area contributed by atoms with E-state index in [1.54, 1.807) is 17.0 Å². The number of halogens is 2. The summed E-state index contributed by atoms with van der Waals surface area (Å²) < 4.78 is 0. The Morgan fingerprint density at radius 2 is 1.61 bits per heavy atom. The van der Waals surface area contributed by atoms with Crippen molar-refractivity contribution in [2.45, 2.75) is 31.6 Å². The molecule has 2 amide bonds. The Bertz CT molecular complexity index is 1130. The third kappa shape index (κ3) is 5.58. The SMILES string of the molecule is CC(c1ccc(Cl)cc1)C(CNC(=O)c1cccc(N2CCCC2=O)c1)c1ccc(Cl)cc1. The third-order valence-electron chi connectivity index (χ3n) is 6.27. The van der Waals surface area contributed by atoms with Gasteiger partial charge < -0.3 is 10.2 Å². The summed E-state index contributed by atoms with van der Waals surface area (Å²) in [5, 5.41) is 4.47. The normalized spacial score (nSPS) is 15.4. The molecule has 1 N–H and O–H groups in total. The molecule has 1 heterocycles. The van der Waals surface area contributed by atoms with Gasteiger partial charge in [-0.25, -0.2) is 0 Å². The van der Waals surface area contributed by atoms with Crippen molar-refractivity contribution in [2.75, 3.05) is 18.0 Å². The molecule has 0 bridgehead atoms. The van der Waals surface area contributed by atoms with E-state index in [9.17, 15) is 9.59 Å². The van der Waals surface area contributed by atoms with Gasteiger partial charge in [0.2, 0.25) is 5.91 Å². The Kier molecular flexibility index (Phi) is 7.36. The lowest BCUT2D eigenvalue weighted by Gasteiger charge is -2.26. The van der Waals surface area contributed by atoms with Crippen LogP contribution in [-0.2, 0) is 4.79 Å². The summed E-state index contributed by atoms with van der Waals surface area (Å²) in [5.74, 6) is 0.117. The lowest BCUT2D eigenvalue weighted by molar-refractivity contribution is -0.117. The van der Waals surface area contributed by atoms with Crippen molar-refractivity contribution in [1.82, 2.24) is 5.32 Å². The smallest absolute Gasteiger partial charge is 0.251 e. The van der Waals surface area contributed by atoms with Crippen molar-refractivity contribution < 1.29 is 9.59 Å². The highest BCUT2D eigenvalue weighted by molar-refractivity contribution is 6.30. The number of nitrogens with one attached hydrogen (secondary N) is 1. The van der Waals surface area contributed by atoms with Gasteiger partial charge in [-0.3, -0.25) is 9.59 Å². The fourth-order valence-corrected chi connectivity index (χ4v) is 4.58. The molecule has 33 heavy (non-hydrogen) atoms. The fraction of sp³-hybridized carbons (Fsp3) is 0.259. The summed E-state index contributed by atoms with van der Waals surface area (Å²) >= 11 is 12.2. The monoisotopic (exact) mass is 480 g/mol. The summed E-state index contributed by atoms with van der Waals surface area (Å²) in [7, 11) is 0. The molecule has 1 fully saturated rings. The maximum Gasteiger partial charge on any atom is 0.251 e. The van der Waals surface area contributed by atoms with E-state index in [0.29, 0.717) is 35.1 Å². The Balaban J connectivity index is 1.53. The van der Waals surface area contributed by atoms with Crippen LogP contribution in [-0.4, -0.2) is 24.9 Å². The zero-order valence-electron chi connectivity index (χ0n) is 18.4. The van der Waals surface area contributed by atoms with Crippen LogP contribution in [0.15, 0.2) is 72.8 Å². The van der Waals surface area contributed by atoms with Gasteiger partial charge in [-0.2, -0.15) is 0 Å². The molecule has 4 rings (SSSR count). The molecule has 1 aliphatic heterocycles. The molecule has 0 radical (unpaired) electrons. The Morgan fingerprint density at radius 1 is 0.970 bits per heavy atom. The zero-order valence-corrected chi connectivity index (χ0v) is 19.9. The molecular formula is C27H26Cl2N2O2. The molecule has 0 saturated carbocycles. The number of hydrogen-bond acceptors (Lipinski definition) is 2. The molecule has 1 saturated heterocycles. The van der Waals surface area contributed by atoms with Crippen molar-refractivity contribution in [1.29, 1.82) is 0 Å². The first-order valence-electron chi connectivity index (χ1n) is 11.1. The minimum atomic E-state index is -0.161. The molecule has 170 valence electrons. The van der Waals surface area contributed by atoms with Crippen LogP contribution in [0.1, 0.15) is 53.1 Å². The second-order valence-electron chi connectivity index (χ2n) is 8.41. The highest BCUT2D eigenvalue weighted by Gasteiger charge is 2.24. The number of rotatable bonds is 7. The van der Waals surface area contributed by atoms with E-state index in [4.69, 9.17) is 23.2 Å². The van der Waals surface area contributed by atoms with E-state index >= 15 is 0 Å². The van der Waals surface area contributed by atoms with Crippen molar-refractivity contribution >= 4 is 40.7 Å². The highest BCUT2D eigenvalue weighted by atomic mass is 35.5. The van der Waals surface area contributed by atoms with Gasteiger partial charge in [-0.1, -0.05) is 60.5 Å². The van der Waals surface area contributed by atoms with Gasteiger partial charge in [0.1, 0.15) is 0 Å². The summed E-state index contributed by atoms with van der Waals surface area (Å²) in [4.78, 5) is 26.9. The van der Waals surface area contributed by atoms with Crippen LogP contribution in [0.5, 0.6) is 0 Å². The molecule has 0 spiro atoms. The van der Waals surface area contributed by atoms with Gasteiger partial charge in [0.05, 0.1) is 0 Å². The van der Waals surface area contributed by atoms with E-state index in [1.165, 1.54) is 0 Å². The third-order valence-corrected chi connectivity index (χ3v) is 6.78. The Morgan fingerprint density at radius 3 is 2.21 bits per heavy atom. The molecule has 3 aromatic carbocycles. The first-order valence-corrected chi connectivity index (χ1v) is 11.9. The first-order chi connectivity index (χ1) is 15.9. The number of anilines is 1. The molecule has 1 aliphatic rings. The van der Waals surface area contributed by atoms with Crippen LogP contribution in [0.2, 0.25) is 10.0 Å². The van der Waals surface area contributed by atoms with E-state index < -0.39 is 0 Å². The van der Waals surface area contributed by atoms with E-state index in [2.05, 4.69) is 12.2 Å². The van der Waals surface area contributed by atoms with Gasteiger partial charge in [-0.05, 0) is 65.9 Å². The summed E-state index contributed by atoms with van der Waals surface area (Å²) in [6.45, 7) is 3.30. The van der Waals surface area contributed by atoms with Crippen molar-refractivity contribution in [3.05, 3.63) is 99.5 Å². The number of carbonyl (C=O) groups excluding carboxylic acids is 2. The molecule has 3 aromatic rings. The largest absolute Gasteiger partial charge is 0.351 e. The van der Waals surface area contributed by atoms with E-state index in [-0.39, 0.29) is 23.7 Å². The zero-order chi connectivity index (χ0) is 23.4. The molecule has 0 aliphatic carbocycles. The standard InChI is InChI=1S/C27H26Cl2N2O2/c1-18(19-7-11-22(28)12-8-19)25(20-9-13-23(29)14-10-20)17-30-27(33)21-4-2-5-24(16-21)31-15-3-6-26(31)32/h2,4-5,7-14,16,18,25H,3,6,15,17H2,1H3,(H,30,33). The average Bonchev–Trinajstić information content (AvgIpc) is 3.26.